The summed E-state index contributed by atoms with van der Waals surface area (Å²) in [6, 6.07) is 20.0. The van der Waals surface area contributed by atoms with E-state index in [1.165, 1.54) is 11.1 Å². The summed E-state index contributed by atoms with van der Waals surface area (Å²) < 4.78 is 13.6. The highest BCUT2D eigenvalue weighted by atomic mass is 16.5. The van der Waals surface area contributed by atoms with Crippen LogP contribution in [-0.2, 0) is 37.5 Å². The monoisotopic (exact) mass is 527 g/mol. The van der Waals surface area contributed by atoms with E-state index >= 15 is 0 Å². The molecule has 1 saturated carbocycles. The maximum absolute atomic E-state index is 11.9. The van der Waals surface area contributed by atoms with Crippen molar-refractivity contribution in [2.45, 2.75) is 75.6 Å². The van der Waals surface area contributed by atoms with E-state index in [1.54, 1.807) is 6.92 Å². The molecule has 0 unspecified atom stereocenters. The van der Waals surface area contributed by atoms with Crippen LogP contribution in [0.5, 0.6) is 5.75 Å². The number of aryl methyl sites for hydroxylation is 2. The fraction of sp³-hybridized carbons (Fsp3) is 0.438. The van der Waals surface area contributed by atoms with Gasteiger partial charge in [-0.15, -0.1) is 0 Å². The second kappa shape index (κ2) is 9.65. The zero-order valence-corrected chi connectivity index (χ0v) is 22.9. The number of nitrogens with zero attached hydrogens (tertiary/aromatic N) is 3. The number of fused-ring (bicyclic) bond motifs is 3. The largest absolute Gasteiger partial charge is 0.485 e. The molecule has 2 aliphatic carbocycles. The fourth-order valence-corrected chi connectivity index (χ4v) is 7.20. The van der Waals surface area contributed by atoms with Gasteiger partial charge in [0.1, 0.15) is 11.4 Å². The zero-order chi connectivity index (χ0) is 27.3. The number of rotatable bonds is 7. The molecule has 39 heavy (non-hydrogen) atoms. The van der Waals surface area contributed by atoms with Crippen LogP contribution in [0.3, 0.4) is 0 Å². The summed E-state index contributed by atoms with van der Waals surface area (Å²) >= 11 is 0. The molecule has 2 aliphatic rings. The Morgan fingerprint density at radius 3 is 2.67 bits per heavy atom. The van der Waals surface area contributed by atoms with Crippen LogP contribution in [0.2, 0.25) is 0 Å². The van der Waals surface area contributed by atoms with Gasteiger partial charge in [0.25, 0.3) is 0 Å². The number of aliphatic hydroxyl groups is 2. The first kappa shape index (κ1) is 25.8. The van der Waals surface area contributed by atoms with Crippen LogP contribution < -0.4 is 4.74 Å². The molecule has 2 aromatic heterocycles. The number of aromatic nitrogens is 3. The highest BCUT2D eigenvalue weighted by Crippen LogP contribution is 2.60. The van der Waals surface area contributed by atoms with Crippen LogP contribution in [0.1, 0.15) is 73.6 Å². The predicted octanol–water partition coefficient (Wildman–Crippen LogP) is 5.22. The minimum atomic E-state index is -1.28. The molecule has 0 radical (unpaired) electrons. The van der Waals surface area contributed by atoms with Gasteiger partial charge < -0.3 is 24.0 Å². The highest BCUT2D eigenvalue weighted by molar-refractivity contribution is 5.45. The number of hydrogen-bond donors (Lipinski definition) is 2. The quantitative estimate of drug-likeness (QED) is 0.342. The average molecular weight is 528 g/mol. The summed E-state index contributed by atoms with van der Waals surface area (Å²) in [5.41, 5.74) is 1.69. The lowest BCUT2D eigenvalue weighted by atomic mass is 9.49. The molecule has 7 nitrogen and oxygen atoms in total. The van der Waals surface area contributed by atoms with Gasteiger partial charge in [0.05, 0.1) is 12.0 Å². The third-order valence-electron chi connectivity index (χ3n) is 9.39. The van der Waals surface area contributed by atoms with E-state index in [0.717, 1.165) is 36.3 Å². The maximum atomic E-state index is 11.9. The summed E-state index contributed by atoms with van der Waals surface area (Å²) in [6.45, 7) is 4.24. The van der Waals surface area contributed by atoms with Gasteiger partial charge in [-0.1, -0.05) is 48.5 Å². The SMILES string of the molecule is CC[C@@]12C[C@@](C)(O)[C@](O)(c3ccccc3)C[C@H]1CCc1cc(OCc3noc(Cc4cccn4C)n3)ccc12. The molecule has 4 aromatic rings. The van der Waals surface area contributed by atoms with Crippen molar-refractivity contribution in [2.24, 2.45) is 13.0 Å². The van der Waals surface area contributed by atoms with Gasteiger partial charge >= 0.3 is 0 Å². The molecule has 6 rings (SSSR count). The number of hydrogen-bond acceptors (Lipinski definition) is 6. The van der Waals surface area contributed by atoms with Gasteiger partial charge in [-0.25, -0.2) is 0 Å². The van der Waals surface area contributed by atoms with Crippen LogP contribution in [0.15, 0.2) is 71.4 Å². The maximum Gasteiger partial charge on any atom is 0.232 e. The van der Waals surface area contributed by atoms with E-state index < -0.39 is 11.2 Å². The van der Waals surface area contributed by atoms with Crippen LogP contribution in [0, 0.1) is 5.92 Å². The van der Waals surface area contributed by atoms with Crippen molar-refractivity contribution in [3.63, 3.8) is 0 Å². The Hall–Kier alpha value is -3.42. The number of ether oxygens (including phenoxy) is 1. The lowest BCUT2D eigenvalue weighted by Gasteiger charge is -2.59. The van der Waals surface area contributed by atoms with Crippen LogP contribution in [0.25, 0.3) is 0 Å². The fourth-order valence-electron chi connectivity index (χ4n) is 7.20. The van der Waals surface area contributed by atoms with Crippen LogP contribution >= 0.6 is 0 Å². The van der Waals surface area contributed by atoms with Crippen molar-refractivity contribution in [3.8, 4) is 5.75 Å². The van der Waals surface area contributed by atoms with E-state index in [0.29, 0.717) is 31.0 Å². The summed E-state index contributed by atoms with van der Waals surface area (Å²) in [4.78, 5) is 4.49. The standard InChI is InChI=1S/C32H37N3O4/c1-4-31-21-30(2,36)32(37,23-9-6-5-7-10-23)19-24(31)13-12-22-17-26(14-15-27(22)31)38-20-28-33-29(39-34-28)18-25-11-8-16-35(25)3/h5-11,14-17,24,36-37H,4,12-13,18-21H2,1-3H3/t24-,30-,31-,32-/m1/s1. The zero-order valence-electron chi connectivity index (χ0n) is 22.9. The second-order valence-electron chi connectivity index (χ2n) is 11.6. The molecule has 2 N–H and O–H groups in total. The smallest absolute Gasteiger partial charge is 0.232 e. The van der Waals surface area contributed by atoms with E-state index in [9.17, 15) is 10.2 Å². The molecular weight excluding hydrogens is 490 g/mol. The van der Waals surface area contributed by atoms with E-state index in [4.69, 9.17) is 9.26 Å². The first-order chi connectivity index (χ1) is 18.7. The van der Waals surface area contributed by atoms with Crippen LogP contribution in [-0.4, -0.2) is 30.5 Å². The summed E-state index contributed by atoms with van der Waals surface area (Å²) in [6.07, 6.45) is 6.40. The molecule has 4 atom stereocenters. The first-order valence-electron chi connectivity index (χ1n) is 13.9. The van der Waals surface area contributed by atoms with E-state index in [2.05, 4.69) is 29.2 Å². The lowest BCUT2D eigenvalue weighted by Crippen LogP contribution is -2.62. The molecule has 0 spiro atoms. The molecule has 0 bridgehead atoms. The molecular formula is C32H37N3O4. The molecule has 2 heterocycles. The first-order valence-corrected chi connectivity index (χ1v) is 13.9. The van der Waals surface area contributed by atoms with Gasteiger partial charge in [-0.05, 0) is 85.9 Å². The minimum absolute atomic E-state index is 0.198. The van der Waals surface area contributed by atoms with Gasteiger partial charge in [-0.3, -0.25) is 0 Å². The van der Waals surface area contributed by atoms with Crippen molar-refractivity contribution in [1.29, 1.82) is 0 Å². The lowest BCUT2D eigenvalue weighted by molar-refractivity contribution is -0.205. The van der Waals surface area contributed by atoms with Gasteiger partial charge in [0.2, 0.25) is 11.7 Å². The molecule has 204 valence electrons. The summed E-state index contributed by atoms with van der Waals surface area (Å²) in [5, 5.41) is 27.7. The van der Waals surface area contributed by atoms with Gasteiger partial charge in [-0.2, -0.15) is 4.98 Å². The van der Waals surface area contributed by atoms with Crippen molar-refractivity contribution >= 4 is 0 Å². The van der Waals surface area contributed by atoms with Crippen molar-refractivity contribution in [3.05, 3.63) is 101 Å². The van der Waals surface area contributed by atoms with Crippen LogP contribution in [0.4, 0.5) is 0 Å². The normalized spacial score (nSPS) is 28.1. The van der Waals surface area contributed by atoms with Gasteiger partial charge in [0.15, 0.2) is 6.61 Å². The number of benzene rings is 2. The Balaban J connectivity index is 1.20. The Morgan fingerprint density at radius 2 is 1.92 bits per heavy atom. The minimum Gasteiger partial charge on any atom is -0.485 e. The third-order valence-corrected chi connectivity index (χ3v) is 9.39. The van der Waals surface area contributed by atoms with Gasteiger partial charge in [0, 0.05) is 24.4 Å². The topological polar surface area (TPSA) is 93.5 Å². The van der Waals surface area contributed by atoms with Crippen molar-refractivity contribution in [1.82, 2.24) is 14.7 Å². The molecule has 0 aliphatic heterocycles. The Bertz CT molecular complexity index is 1460. The Morgan fingerprint density at radius 1 is 1.10 bits per heavy atom. The van der Waals surface area contributed by atoms with Crippen molar-refractivity contribution < 1.29 is 19.5 Å². The summed E-state index contributed by atoms with van der Waals surface area (Å²) in [7, 11) is 1.99. The highest BCUT2D eigenvalue weighted by Gasteiger charge is 2.60. The molecule has 7 heteroatoms. The van der Waals surface area contributed by atoms with Crippen molar-refractivity contribution in [2.75, 3.05) is 0 Å². The second-order valence-corrected chi connectivity index (χ2v) is 11.6. The Labute approximate surface area is 229 Å². The molecule has 2 aromatic carbocycles. The molecule has 0 amide bonds. The van der Waals surface area contributed by atoms with E-state index in [-0.39, 0.29) is 17.9 Å². The summed E-state index contributed by atoms with van der Waals surface area (Å²) in [5.74, 6) is 2.13. The van der Waals surface area contributed by atoms with E-state index in [1.807, 2.05) is 66.3 Å². The molecule has 1 fully saturated rings. The third kappa shape index (κ3) is 4.38. The average Bonchev–Trinajstić information content (AvgIpc) is 3.57. The molecule has 0 saturated heterocycles. The Kier molecular flexibility index (Phi) is 6.39. The predicted molar refractivity (Wildman–Crippen MR) is 147 cm³/mol.